The van der Waals surface area contributed by atoms with Gasteiger partial charge in [0.05, 0.1) is 6.10 Å². The molecule has 0 radical (unpaired) electrons. The molecule has 0 aliphatic heterocycles. The Morgan fingerprint density at radius 1 is 1.39 bits per heavy atom. The zero-order chi connectivity index (χ0) is 12.9. The Kier molecular flexibility index (Phi) is 2.74. The van der Waals surface area contributed by atoms with Gasteiger partial charge in [-0.2, -0.15) is 0 Å². The Hall–Kier alpha value is -0.890. The lowest BCUT2D eigenvalue weighted by molar-refractivity contribution is -0.118. The van der Waals surface area contributed by atoms with Gasteiger partial charge in [0, 0.05) is 11.8 Å². The molecule has 2 bridgehead atoms. The van der Waals surface area contributed by atoms with E-state index >= 15 is 0 Å². The average molecular weight is 246 g/mol. The van der Waals surface area contributed by atoms with Crippen molar-refractivity contribution in [2.75, 3.05) is 0 Å². The molecule has 98 valence electrons. The van der Waals surface area contributed by atoms with E-state index in [1.54, 1.807) is 0 Å². The van der Waals surface area contributed by atoms with Crippen LogP contribution in [0.1, 0.15) is 52.4 Å². The number of carbonyl (C=O) groups is 1. The maximum atomic E-state index is 11.6. The zero-order valence-electron chi connectivity index (χ0n) is 11.3. The second-order valence-electron chi connectivity index (χ2n) is 6.52. The van der Waals surface area contributed by atoms with Gasteiger partial charge in [-0.3, -0.25) is 4.79 Å². The second-order valence-corrected chi connectivity index (χ2v) is 6.52. The van der Waals surface area contributed by atoms with Gasteiger partial charge in [0.2, 0.25) is 0 Å². The maximum Gasteiger partial charge on any atom is 0.155 e. The Bertz CT molecular complexity index is 454. The molecule has 3 atom stereocenters. The summed E-state index contributed by atoms with van der Waals surface area (Å²) < 4.78 is 0. The summed E-state index contributed by atoms with van der Waals surface area (Å²) in [6, 6.07) is 0. The maximum absolute atomic E-state index is 11.6. The highest BCUT2D eigenvalue weighted by Crippen LogP contribution is 2.57. The number of allylic oxidation sites excluding steroid dienone is 3. The molecule has 2 nitrogen and oxygen atoms in total. The predicted octanol–water partition coefficient (Wildman–Crippen LogP) is 3.16. The lowest BCUT2D eigenvalue weighted by Crippen LogP contribution is -2.50. The van der Waals surface area contributed by atoms with Crippen molar-refractivity contribution in [3.05, 3.63) is 22.8 Å². The monoisotopic (exact) mass is 246 g/mol. The first-order valence-corrected chi connectivity index (χ1v) is 7.10. The van der Waals surface area contributed by atoms with Gasteiger partial charge in [0.1, 0.15) is 0 Å². The van der Waals surface area contributed by atoms with Gasteiger partial charge in [0.15, 0.2) is 5.78 Å². The Labute approximate surface area is 109 Å². The number of aliphatic hydroxyl groups excluding tert-OH is 1. The third-order valence-corrected chi connectivity index (χ3v) is 5.33. The zero-order valence-corrected chi connectivity index (χ0v) is 11.3. The molecule has 0 aromatic heterocycles. The number of hydrogen-bond donors (Lipinski definition) is 1. The van der Waals surface area contributed by atoms with Crippen LogP contribution in [0.15, 0.2) is 22.8 Å². The molecule has 2 saturated carbocycles. The summed E-state index contributed by atoms with van der Waals surface area (Å²) in [5.41, 5.74) is 4.07. The molecule has 0 saturated heterocycles. The molecule has 0 aromatic carbocycles. The van der Waals surface area contributed by atoms with E-state index in [4.69, 9.17) is 0 Å². The average Bonchev–Trinajstić information content (AvgIpc) is 2.31. The number of hydrogen-bond acceptors (Lipinski definition) is 2. The van der Waals surface area contributed by atoms with E-state index in [1.807, 2.05) is 6.08 Å². The molecular formula is C16H22O2. The standard InChI is InChI=1S/C16H22O2/c1-10(2)12-7-11-3-4-13-8-14(17)5-6-16(13,9-12)15(11)18/h8,11,15,18H,3-7,9H2,1-2H3. The SMILES string of the molecule is CC(C)=C1CC2CCC3=CC(=O)CCC3(C1)C2O. The minimum atomic E-state index is -0.228. The minimum Gasteiger partial charge on any atom is -0.392 e. The van der Waals surface area contributed by atoms with E-state index in [9.17, 15) is 9.90 Å². The molecule has 3 aliphatic carbocycles. The minimum absolute atomic E-state index is 0.0956. The topological polar surface area (TPSA) is 37.3 Å². The number of carbonyl (C=O) groups excluding carboxylic acids is 1. The van der Waals surface area contributed by atoms with Gasteiger partial charge in [-0.15, -0.1) is 0 Å². The van der Waals surface area contributed by atoms with E-state index in [1.165, 1.54) is 16.7 Å². The van der Waals surface area contributed by atoms with Crippen LogP contribution < -0.4 is 0 Å². The molecule has 18 heavy (non-hydrogen) atoms. The largest absolute Gasteiger partial charge is 0.392 e. The lowest BCUT2D eigenvalue weighted by atomic mass is 9.53. The van der Waals surface area contributed by atoms with Gasteiger partial charge in [-0.1, -0.05) is 16.7 Å². The van der Waals surface area contributed by atoms with Gasteiger partial charge >= 0.3 is 0 Å². The van der Waals surface area contributed by atoms with E-state index in [0.29, 0.717) is 12.3 Å². The Morgan fingerprint density at radius 2 is 2.17 bits per heavy atom. The molecule has 3 aliphatic rings. The molecule has 0 heterocycles. The summed E-state index contributed by atoms with van der Waals surface area (Å²) in [4.78, 5) is 11.6. The molecule has 1 spiro atoms. The van der Waals surface area contributed by atoms with Crippen LogP contribution >= 0.6 is 0 Å². The number of aliphatic hydroxyl groups is 1. The smallest absolute Gasteiger partial charge is 0.155 e. The number of fused-ring (bicyclic) bond motifs is 1. The first kappa shape index (κ1) is 12.2. The highest BCUT2D eigenvalue weighted by atomic mass is 16.3. The van der Waals surface area contributed by atoms with Gasteiger partial charge in [0.25, 0.3) is 0 Å². The van der Waals surface area contributed by atoms with E-state index < -0.39 is 0 Å². The van der Waals surface area contributed by atoms with Gasteiger partial charge < -0.3 is 5.11 Å². The van der Waals surface area contributed by atoms with Crippen LogP contribution in [-0.4, -0.2) is 17.0 Å². The molecular weight excluding hydrogens is 224 g/mol. The molecule has 3 unspecified atom stereocenters. The van der Waals surface area contributed by atoms with Gasteiger partial charge in [-0.05, 0) is 57.9 Å². The molecule has 3 rings (SSSR count). The highest BCUT2D eigenvalue weighted by Gasteiger charge is 2.52. The number of rotatable bonds is 0. The molecule has 0 aromatic rings. The van der Waals surface area contributed by atoms with E-state index in [-0.39, 0.29) is 17.3 Å². The second kappa shape index (κ2) is 4.06. The quantitative estimate of drug-likeness (QED) is 0.667. The van der Waals surface area contributed by atoms with Crippen LogP contribution in [0.5, 0.6) is 0 Å². The van der Waals surface area contributed by atoms with E-state index in [2.05, 4.69) is 13.8 Å². The normalized spacial score (nSPS) is 39.2. The fourth-order valence-corrected chi connectivity index (χ4v) is 4.20. The summed E-state index contributed by atoms with van der Waals surface area (Å²) in [5.74, 6) is 0.666. The molecule has 2 fully saturated rings. The van der Waals surface area contributed by atoms with Crippen LogP contribution in [-0.2, 0) is 4.79 Å². The van der Waals surface area contributed by atoms with Crippen molar-refractivity contribution in [3.63, 3.8) is 0 Å². The summed E-state index contributed by atoms with van der Waals surface area (Å²) in [7, 11) is 0. The molecule has 0 amide bonds. The fourth-order valence-electron chi connectivity index (χ4n) is 4.20. The molecule has 1 N–H and O–H groups in total. The Balaban J connectivity index is 2.07. The van der Waals surface area contributed by atoms with Crippen LogP contribution in [0.25, 0.3) is 0 Å². The van der Waals surface area contributed by atoms with Crippen LogP contribution in [0.3, 0.4) is 0 Å². The predicted molar refractivity (Wildman–Crippen MR) is 71.1 cm³/mol. The fraction of sp³-hybridized carbons (Fsp3) is 0.688. The Morgan fingerprint density at radius 3 is 2.89 bits per heavy atom. The van der Waals surface area contributed by atoms with Crippen molar-refractivity contribution in [1.29, 1.82) is 0 Å². The van der Waals surface area contributed by atoms with Crippen molar-refractivity contribution in [3.8, 4) is 0 Å². The van der Waals surface area contributed by atoms with Crippen molar-refractivity contribution >= 4 is 5.78 Å². The summed E-state index contributed by atoms with van der Waals surface area (Å²) >= 11 is 0. The van der Waals surface area contributed by atoms with Crippen molar-refractivity contribution in [1.82, 2.24) is 0 Å². The lowest BCUT2D eigenvalue weighted by Gasteiger charge is -2.53. The van der Waals surface area contributed by atoms with Gasteiger partial charge in [-0.25, -0.2) is 0 Å². The summed E-state index contributed by atoms with van der Waals surface area (Å²) in [5, 5.41) is 10.7. The highest BCUT2D eigenvalue weighted by molar-refractivity contribution is 5.91. The van der Waals surface area contributed by atoms with Crippen LogP contribution in [0.4, 0.5) is 0 Å². The first-order chi connectivity index (χ1) is 8.53. The third kappa shape index (κ3) is 1.62. The summed E-state index contributed by atoms with van der Waals surface area (Å²) in [6.45, 7) is 4.35. The van der Waals surface area contributed by atoms with Crippen molar-refractivity contribution in [2.24, 2.45) is 11.3 Å². The van der Waals surface area contributed by atoms with Crippen LogP contribution in [0.2, 0.25) is 0 Å². The van der Waals surface area contributed by atoms with Crippen LogP contribution in [0, 0.1) is 11.3 Å². The van der Waals surface area contributed by atoms with E-state index in [0.717, 1.165) is 32.1 Å². The first-order valence-electron chi connectivity index (χ1n) is 7.10. The number of ketones is 1. The third-order valence-electron chi connectivity index (χ3n) is 5.33. The van der Waals surface area contributed by atoms with Crippen molar-refractivity contribution in [2.45, 2.75) is 58.5 Å². The summed E-state index contributed by atoms with van der Waals surface area (Å²) in [6.07, 6.45) is 7.18. The molecule has 2 heteroatoms. The van der Waals surface area contributed by atoms with Crippen molar-refractivity contribution < 1.29 is 9.90 Å².